The fraction of sp³-hybridized carbons (Fsp3) is 0.423. The zero-order chi connectivity index (χ0) is 22.8. The lowest BCUT2D eigenvalue weighted by Crippen LogP contribution is -2.52. The Bertz CT molecular complexity index is 1250. The van der Waals surface area contributed by atoms with Crippen LogP contribution in [0.2, 0.25) is 0 Å². The summed E-state index contributed by atoms with van der Waals surface area (Å²) >= 11 is 0. The molecule has 1 aliphatic heterocycles. The van der Waals surface area contributed by atoms with E-state index >= 15 is 0 Å². The van der Waals surface area contributed by atoms with Gasteiger partial charge in [-0.3, -0.25) is 9.30 Å². The van der Waals surface area contributed by atoms with Crippen molar-refractivity contribution in [1.29, 1.82) is 0 Å². The van der Waals surface area contributed by atoms with E-state index in [0.29, 0.717) is 6.04 Å². The number of hydrogen-bond acceptors (Lipinski definition) is 6. The third-order valence-corrected chi connectivity index (χ3v) is 6.60. The Hall–Kier alpha value is -3.19. The first-order valence-corrected chi connectivity index (χ1v) is 12.1. The van der Waals surface area contributed by atoms with E-state index in [-0.39, 0.29) is 0 Å². The molecule has 7 heteroatoms. The Kier molecular flexibility index (Phi) is 6.13. The molecule has 4 aromatic rings. The zero-order valence-electron chi connectivity index (χ0n) is 19.8. The predicted molar refractivity (Wildman–Crippen MR) is 135 cm³/mol. The summed E-state index contributed by atoms with van der Waals surface area (Å²) in [6.07, 6.45) is 1.90. The molecule has 0 spiro atoms. The summed E-state index contributed by atoms with van der Waals surface area (Å²) in [4.78, 5) is 9.96. The van der Waals surface area contributed by atoms with Gasteiger partial charge in [0.25, 0.3) is 0 Å². The summed E-state index contributed by atoms with van der Waals surface area (Å²) in [7, 11) is 0. The van der Waals surface area contributed by atoms with Gasteiger partial charge in [-0.2, -0.15) is 0 Å². The van der Waals surface area contributed by atoms with Crippen molar-refractivity contribution >= 4 is 28.2 Å². The van der Waals surface area contributed by atoms with Crippen LogP contribution in [0.4, 0.5) is 11.5 Å². The molecule has 3 heterocycles. The van der Waals surface area contributed by atoms with Crippen molar-refractivity contribution < 1.29 is 0 Å². The topological polar surface area (TPSA) is 61.6 Å². The molecule has 7 nitrogen and oxygen atoms in total. The summed E-state index contributed by atoms with van der Waals surface area (Å²) in [6, 6.07) is 17.6. The van der Waals surface area contributed by atoms with Gasteiger partial charge in [-0.15, -0.1) is 10.2 Å². The van der Waals surface area contributed by atoms with E-state index in [9.17, 15) is 0 Å². The Morgan fingerprint density at radius 3 is 2.76 bits per heavy atom. The van der Waals surface area contributed by atoms with Crippen LogP contribution < -0.4 is 10.2 Å². The lowest BCUT2D eigenvalue weighted by Gasteiger charge is -2.41. The summed E-state index contributed by atoms with van der Waals surface area (Å²) in [6.45, 7) is 11.8. The molecule has 0 radical (unpaired) electrons. The molecule has 33 heavy (non-hydrogen) atoms. The van der Waals surface area contributed by atoms with Gasteiger partial charge in [0.1, 0.15) is 5.82 Å². The van der Waals surface area contributed by atoms with E-state index in [4.69, 9.17) is 4.98 Å². The molecule has 0 aliphatic carbocycles. The number of fused-ring (bicyclic) bond motifs is 3. The minimum atomic E-state index is 0.513. The third kappa shape index (κ3) is 4.37. The molecule has 2 aromatic carbocycles. The van der Waals surface area contributed by atoms with Gasteiger partial charge < -0.3 is 10.2 Å². The quantitative estimate of drug-likeness (QED) is 0.433. The molecule has 2 aromatic heterocycles. The van der Waals surface area contributed by atoms with Crippen molar-refractivity contribution in [2.45, 2.75) is 39.7 Å². The van der Waals surface area contributed by atoms with Crippen LogP contribution >= 0.6 is 0 Å². The van der Waals surface area contributed by atoms with Gasteiger partial charge in [-0.05, 0) is 56.6 Å². The number of anilines is 2. The van der Waals surface area contributed by atoms with Crippen molar-refractivity contribution in [3.05, 3.63) is 59.9 Å². The molecule has 172 valence electrons. The second kappa shape index (κ2) is 9.35. The van der Waals surface area contributed by atoms with Gasteiger partial charge in [-0.1, -0.05) is 31.2 Å². The highest BCUT2D eigenvalue weighted by Crippen LogP contribution is 2.23. The second-order valence-corrected chi connectivity index (χ2v) is 9.04. The molecule has 0 bridgehead atoms. The number of aryl methyl sites for hydroxylation is 2. The van der Waals surface area contributed by atoms with Crippen molar-refractivity contribution in [2.75, 3.05) is 42.9 Å². The van der Waals surface area contributed by atoms with E-state index in [1.54, 1.807) is 0 Å². The second-order valence-electron chi connectivity index (χ2n) is 9.04. The highest BCUT2D eigenvalue weighted by atomic mass is 15.3. The summed E-state index contributed by atoms with van der Waals surface area (Å²) < 4.78 is 2.14. The van der Waals surface area contributed by atoms with Gasteiger partial charge in [0, 0.05) is 44.3 Å². The van der Waals surface area contributed by atoms with Crippen molar-refractivity contribution in [2.24, 2.45) is 0 Å². The van der Waals surface area contributed by atoms with Crippen LogP contribution in [0, 0.1) is 6.92 Å². The highest BCUT2D eigenvalue weighted by molar-refractivity contribution is 5.82. The predicted octanol–water partition coefficient (Wildman–Crippen LogP) is 4.16. The molecule has 0 unspecified atom stereocenters. The summed E-state index contributed by atoms with van der Waals surface area (Å²) in [5, 5.41) is 12.4. The molecule has 0 amide bonds. The first kappa shape index (κ1) is 21.6. The molecule has 1 N–H and O–H groups in total. The standard InChI is InChI=1S/C26H33N7/c1-4-24-29-30-26-25(28-22-11-5-6-12-23(22)33(24)26)27-13-8-14-31-15-16-32(20(3)18-31)21-10-7-9-19(2)17-21/h5-7,9-12,17,20H,4,8,13-16,18H2,1-3H3,(H,27,28)/t20-/m0/s1. The fourth-order valence-corrected chi connectivity index (χ4v) is 4.92. The molecular formula is C26H33N7. The minimum Gasteiger partial charge on any atom is -0.367 e. The number of nitrogens with one attached hydrogen (secondary N) is 1. The number of benzene rings is 2. The van der Waals surface area contributed by atoms with Crippen LogP contribution in [0.5, 0.6) is 0 Å². The average Bonchev–Trinajstić information content (AvgIpc) is 3.27. The fourth-order valence-electron chi connectivity index (χ4n) is 4.92. The van der Waals surface area contributed by atoms with E-state index in [1.165, 1.54) is 11.3 Å². The number of hydrogen-bond donors (Lipinski definition) is 1. The number of piperazine rings is 1. The lowest BCUT2D eigenvalue weighted by molar-refractivity contribution is 0.228. The van der Waals surface area contributed by atoms with Gasteiger partial charge in [0.15, 0.2) is 5.82 Å². The Morgan fingerprint density at radius 1 is 1.06 bits per heavy atom. The molecule has 5 rings (SSSR count). The SMILES string of the molecule is CCc1nnc2c(NCCCN3CCN(c4cccc(C)c4)[C@@H](C)C3)nc3ccccc3n12. The van der Waals surface area contributed by atoms with Crippen LogP contribution in [0.3, 0.4) is 0 Å². The molecule has 1 aliphatic rings. The third-order valence-electron chi connectivity index (χ3n) is 6.60. The van der Waals surface area contributed by atoms with Gasteiger partial charge in [-0.25, -0.2) is 4.98 Å². The molecule has 1 atom stereocenters. The number of para-hydroxylation sites is 2. The monoisotopic (exact) mass is 443 g/mol. The highest BCUT2D eigenvalue weighted by Gasteiger charge is 2.23. The molecular weight excluding hydrogens is 410 g/mol. The van der Waals surface area contributed by atoms with Crippen LogP contribution in [-0.2, 0) is 6.42 Å². The maximum atomic E-state index is 4.84. The maximum absolute atomic E-state index is 4.84. The van der Waals surface area contributed by atoms with Gasteiger partial charge in [0.2, 0.25) is 5.65 Å². The maximum Gasteiger partial charge on any atom is 0.204 e. The largest absolute Gasteiger partial charge is 0.367 e. The average molecular weight is 444 g/mol. The molecule has 1 saturated heterocycles. The van der Waals surface area contributed by atoms with E-state index < -0.39 is 0 Å². The van der Waals surface area contributed by atoms with E-state index in [1.807, 2.05) is 12.1 Å². The van der Waals surface area contributed by atoms with Crippen LogP contribution in [-0.4, -0.2) is 63.2 Å². The molecule has 0 saturated carbocycles. The minimum absolute atomic E-state index is 0.513. The summed E-state index contributed by atoms with van der Waals surface area (Å²) in [5.41, 5.74) is 5.49. The number of nitrogens with zero attached hydrogens (tertiary/aromatic N) is 6. The van der Waals surface area contributed by atoms with Gasteiger partial charge >= 0.3 is 0 Å². The van der Waals surface area contributed by atoms with E-state index in [2.05, 4.69) is 86.9 Å². The first-order chi connectivity index (χ1) is 16.1. The van der Waals surface area contributed by atoms with Crippen molar-refractivity contribution in [3.63, 3.8) is 0 Å². The lowest BCUT2D eigenvalue weighted by atomic mass is 10.1. The summed E-state index contributed by atoms with van der Waals surface area (Å²) in [5.74, 6) is 1.78. The van der Waals surface area contributed by atoms with Crippen molar-refractivity contribution in [3.8, 4) is 0 Å². The normalized spacial score (nSPS) is 17.2. The smallest absolute Gasteiger partial charge is 0.204 e. The van der Waals surface area contributed by atoms with Crippen LogP contribution in [0.15, 0.2) is 48.5 Å². The Balaban J connectivity index is 1.20. The van der Waals surface area contributed by atoms with Gasteiger partial charge in [0.05, 0.1) is 11.0 Å². The Morgan fingerprint density at radius 2 is 1.94 bits per heavy atom. The zero-order valence-corrected chi connectivity index (χ0v) is 19.8. The number of rotatable bonds is 7. The molecule has 1 fully saturated rings. The van der Waals surface area contributed by atoms with Crippen molar-refractivity contribution in [1.82, 2.24) is 24.5 Å². The van der Waals surface area contributed by atoms with Crippen LogP contribution in [0.25, 0.3) is 16.7 Å². The van der Waals surface area contributed by atoms with E-state index in [0.717, 1.165) is 73.9 Å². The first-order valence-electron chi connectivity index (χ1n) is 12.1. The van der Waals surface area contributed by atoms with Crippen LogP contribution in [0.1, 0.15) is 31.7 Å². The number of aromatic nitrogens is 4. The Labute approximate surface area is 195 Å².